The molecule has 8 nitrogen and oxygen atoms in total. The predicted octanol–water partition coefficient (Wildman–Crippen LogP) is 3.04. The minimum atomic E-state index is -4.61. The van der Waals surface area contributed by atoms with E-state index in [1.807, 2.05) is 0 Å². The number of nitrogens with two attached hydrogens (primary N) is 1. The Bertz CT molecular complexity index is 1160. The van der Waals surface area contributed by atoms with Gasteiger partial charge in [0, 0.05) is 17.8 Å². The van der Waals surface area contributed by atoms with Gasteiger partial charge < -0.3 is 16.4 Å². The van der Waals surface area contributed by atoms with Crippen molar-refractivity contribution in [2.24, 2.45) is 5.73 Å². The van der Waals surface area contributed by atoms with Gasteiger partial charge in [-0.3, -0.25) is 4.79 Å². The number of benzene rings is 1. The van der Waals surface area contributed by atoms with Crippen molar-refractivity contribution in [3.8, 4) is 6.07 Å². The number of amides is 1. The van der Waals surface area contributed by atoms with E-state index in [0.29, 0.717) is 11.3 Å². The molecule has 0 aliphatic heterocycles. The van der Waals surface area contributed by atoms with Crippen molar-refractivity contribution in [1.82, 2.24) is 14.6 Å². The first-order chi connectivity index (χ1) is 13.7. The maximum absolute atomic E-state index is 13.1. The van der Waals surface area contributed by atoms with Gasteiger partial charge in [0.2, 0.25) is 0 Å². The molecule has 0 radical (unpaired) electrons. The maximum atomic E-state index is 13.1. The first-order valence-electron chi connectivity index (χ1n) is 8.59. The van der Waals surface area contributed by atoms with Crippen LogP contribution >= 0.6 is 0 Å². The number of nitrogens with one attached hydrogen (secondary N) is 2. The Hall–Kier alpha value is -3.81. The zero-order chi connectivity index (χ0) is 20.8. The number of nitrogens with zero attached hydrogens (tertiary/aromatic N) is 4. The lowest BCUT2D eigenvalue weighted by Gasteiger charge is -2.13. The Labute approximate surface area is 162 Å². The number of aromatic nitrogens is 3. The van der Waals surface area contributed by atoms with Gasteiger partial charge in [0.05, 0.1) is 29.1 Å². The second-order valence-electron chi connectivity index (χ2n) is 6.64. The average molecular weight is 401 g/mol. The topological polar surface area (TPSA) is 121 Å². The van der Waals surface area contributed by atoms with Crippen LogP contribution in [0.2, 0.25) is 0 Å². The summed E-state index contributed by atoms with van der Waals surface area (Å²) in [6.45, 7) is 0. The Kier molecular flexibility index (Phi) is 4.26. The fourth-order valence-electron chi connectivity index (χ4n) is 2.83. The van der Waals surface area contributed by atoms with Gasteiger partial charge in [0.15, 0.2) is 11.5 Å². The van der Waals surface area contributed by atoms with Crippen LogP contribution in [0.15, 0.2) is 30.5 Å². The molecule has 2 heterocycles. The Morgan fingerprint density at radius 1 is 1.28 bits per heavy atom. The molecule has 0 spiro atoms. The van der Waals surface area contributed by atoms with Crippen LogP contribution in [0.3, 0.4) is 0 Å². The van der Waals surface area contributed by atoms with Gasteiger partial charge in [-0.05, 0) is 31.0 Å². The quantitative estimate of drug-likeness (QED) is 0.604. The van der Waals surface area contributed by atoms with E-state index in [4.69, 9.17) is 11.0 Å². The lowest BCUT2D eigenvalue weighted by Crippen LogP contribution is -2.16. The molecule has 4 rings (SSSR count). The number of nitriles is 1. The summed E-state index contributed by atoms with van der Waals surface area (Å²) in [4.78, 5) is 15.8. The van der Waals surface area contributed by atoms with Crippen LogP contribution in [-0.2, 0) is 6.18 Å². The van der Waals surface area contributed by atoms with E-state index < -0.39 is 17.6 Å². The third-order valence-electron chi connectivity index (χ3n) is 4.32. The van der Waals surface area contributed by atoms with E-state index in [1.165, 1.54) is 16.8 Å². The van der Waals surface area contributed by atoms with E-state index >= 15 is 0 Å². The van der Waals surface area contributed by atoms with E-state index in [2.05, 4.69) is 20.7 Å². The number of hydrogen-bond donors (Lipinski definition) is 3. The number of primary amides is 1. The third-order valence-corrected chi connectivity index (χ3v) is 4.32. The number of carbonyl (C=O) groups is 1. The number of anilines is 3. The molecule has 3 aromatic rings. The molecule has 1 aliphatic carbocycles. The van der Waals surface area contributed by atoms with Crippen LogP contribution in [0.25, 0.3) is 5.65 Å². The molecule has 4 N–H and O–H groups in total. The van der Waals surface area contributed by atoms with E-state index in [-0.39, 0.29) is 28.8 Å². The number of alkyl halides is 3. The summed E-state index contributed by atoms with van der Waals surface area (Å²) in [5, 5.41) is 19.3. The highest BCUT2D eigenvalue weighted by Gasteiger charge is 2.31. The van der Waals surface area contributed by atoms with Crippen molar-refractivity contribution in [2.75, 3.05) is 10.6 Å². The Morgan fingerprint density at radius 3 is 2.66 bits per heavy atom. The number of imidazole rings is 1. The highest BCUT2D eigenvalue weighted by atomic mass is 19.4. The predicted molar refractivity (Wildman–Crippen MR) is 97.6 cm³/mol. The smallest absolute Gasteiger partial charge is 0.379 e. The molecule has 1 saturated carbocycles. The van der Waals surface area contributed by atoms with Crippen LogP contribution in [-0.4, -0.2) is 26.5 Å². The molecule has 0 atom stereocenters. The molecule has 1 fully saturated rings. The number of fused-ring (bicyclic) bond motifs is 1. The summed E-state index contributed by atoms with van der Waals surface area (Å²) in [5.41, 5.74) is 5.23. The molecule has 148 valence electrons. The van der Waals surface area contributed by atoms with E-state index in [0.717, 1.165) is 25.0 Å². The lowest BCUT2D eigenvalue weighted by atomic mass is 10.1. The highest BCUT2D eigenvalue weighted by molar-refractivity contribution is 5.92. The van der Waals surface area contributed by atoms with Crippen molar-refractivity contribution in [1.29, 1.82) is 5.26 Å². The van der Waals surface area contributed by atoms with Crippen molar-refractivity contribution in [3.63, 3.8) is 0 Å². The largest absolute Gasteiger partial charge is 0.416 e. The number of halogens is 3. The molecule has 0 saturated heterocycles. The van der Waals surface area contributed by atoms with Gasteiger partial charge in [-0.1, -0.05) is 0 Å². The summed E-state index contributed by atoms with van der Waals surface area (Å²) >= 11 is 0. The summed E-state index contributed by atoms with van der Waals surface area (Å²) in [6, 6.07) is 6.47. The van der Waals surface area contributed by atoms with Crippen LogP contribution in [0.5, 0.6) is 0 Å². The van der Waals surface area contributed by atoms with E-state index in [9.17, 15) is 18.0 Å². The Morgan fingerprint density at radius 2 is 2.03 bits per heavy atom. The van der Waals surface area contributed by atoms with Gasteiger partial charge >= 0.3 is 6.18 Å². The number of hydrogen-bond acceptors (Lipinski definition) is 6. The summed E-state index contributed by atoms with van der Waals surface area (Å²) < 4.78 is 40.6. The molecule has 29 heavy (non-hydrogen) atoms. The van der Waals surface area contributed by atoms with Crippen molar-refractivity contribution >= 4 is 28.7 Å². The molecule has 11 heteroatoms. The van der Waals surface area contributed by atoms with Crippen LogP contribution in [0.4, 0.5) is 30.4 Å². The zero-order valence-electron chi connectivity index (χ0n) is 14.8. The van der Waals surface area contributed by atoms with Crippen LogP contribution in [0.1, 0.15) is 34.5 Å². The fourth-order valence-corrected chi connectivity index (χ4v) is 2.83. The first-order valence-corrected chi connectivity index (χ1v) is 8.59. The Balaban J connectivity index is 1.79. The molecule has 2 aromatic heterocycles. The normalized spacial score (nSPS) is 13.9. The van der Waals surface area contributed by atoms with Gasteiger partial charge in [-0.15, -0.1) is 5.10 Å². The first kappa shape index (κ1) is 18.5. The molecule has 1 aliphatic rings. The molecule has 1 amide bonds. The molecule has 1 aromatic carbocycles. The fraction of sp³-hybridized carbons (Fsp3) is 0.222. The number of rotatable bonds is 5. The second-order valence-corrected chi connectivity index (χ2v) is 6.64. The third kappa shape index (κ3) is 3.77. The monoisotopic (exact) mass is 401 g/mol. The summed E-state index contributed by atoms with van der Waals surface area (Å²) in [5.74, 6) is -0.588. The minimum absolute atomic E-state index is 0.0290. The number of carbonyl (C=O) groups excluding carboxylic acids is 1. The molecule has 0 bridgehead atoms. The van der Waals surface area contributed by atoms with Gasteiger partial charge in [-0.2, -0.15) is 18.4 Å². The molecular formula is C18H14F3N7O. The minimum Gasteiger partial charge on any atom is -0.379 e. The van der Waals surface area contributed by atoms with Crippen molar-refractivity contribution in [2.45, 2.75) is 25.1 Å². The van der Waals surface area contributed by atoms with Crippen LogP contribution < -0.4 is 16.4 Å². The SMILES string of the molecule is N#Cc1cc(Nc2cc(NC3CC3)c3ncc(C(N)=O)n3n2)cc(C(F)(F)F)c1. The lowest BCUT2D eigenvalue weighted by molar-refractivity contribution is -0.137. The van der Waals surface area contributed by atoms with Gasteiger partial charge in [0.1, 0.15) is 5.69 Å². The van der Waals surface area contributed by atoms with Crippen molar-refractivity contribution in [3.05, 3.63) is 47.3 Å². The summed E-state index contributed by atoms with van der Waals surface area (Å²) in [7, 11) is 0. The van der Waals surface area contributed by atoms with Gasteiger partial charge in [-0.25, -0.2) is 9.50 Å². The highest BCUT2D eigenvalue weighted by Crippen LogP contribution is 2.33. The maximum Gasteiger partial charge on any atom is 0.416 e. The van der Waals surface area contributed by atoms with Gasteiger partial charge in [0.25, 0.3) is 5.91 Å². The average Bonchev–Trinajstić information content (AvgIpc) is 3.36. The molecule has 0 unspecified atom stereocenters. The van der Waals surface area contributed by atoms with Crippen molar-refractivity contribution < 1.29 is 18.0 Å². The standard InChI is InChI=1S/C18H14F3N7O/c19-18(20,21)10-3-9(7-22)4-12(5-10)26-15-6-13(25-11-1-2-11)17-24-8-14(16(23)29)28(17)27-15/h3-6,8,11,25H,1-2H2,(H2,23,29)(H,26,27). The molecular weight excluding hydrogens is 387 g/mol. The van der Waals surface area contributed by atoms with Crippen LogP contribution in [0, 0.1) is 11.3 Å². The summed E-state index contributed by atoms with van der Waals surface area (Å²) in [6.07, 6.45) is -1.38. The zero-order valence-corrected chi connectivity index (χ0v) is 14.8. The second kappa shape index (κ2) is 6.66. The van der Waals surface area contributed by atoms with E-state index in [1.54, 1.807) is 12.1 Å².